The molecule has 1 aromatic carbocycles. The summed E-state index contributed by atoms with van der Waals surface area (Å²) in [6.45, 7) is 2.79. The Morgan fingerprint density at radius 1 is 1.55 bits per heavy atom. The number of anilines is 1. The number of rotatable bonds is 6. The van der Waals surface area contributed by atoms with Crippen molar-refractivity contribution in [3.8, 4) is 0 Å². The summed E-state index contributed by atoms with van der Waals surface area (Å²) < 4.78 is 5.88. The fourth-order valence-corrected chi connectivity index (χ4v) is 2.87. The van der Waals surface area contributed by atoms with E-state index < -0.39 is 0 Å². The molecule has 0 fully saturated rings. The number of halogens is 1. The summed E-state index contributed by atoms with van der Waals surface area (Å²) in [5.74, 6) is -0.0839. The molecule has 2 aromatic rings. The number of nitrogens with one attached hydrogen (secondary N) is 2. The van der Waals surface area contributed by atoms with Crippen LogP contribution in [0.25, 0.3) is 10.2 Å². The molecular formula is C13H16ClN3O2S. The first-order valence-electron chi connectivity index (χ1n) is 6.19. The summed E-state index contributed by atoms with van der Waals surface area (Å²) in [5, 5.41) is 7.25. The van der Waals surface area contributed by atoms with Crippen LogP contribution in [0.15, 0.2) is 18.2 Å². The van der Waals surface area contributed by atoms with Gasteiger partial charge >= 0.3 is 0 Å². The predicted octanol–water partition coefficient (Wildman–Crippen LogP) is 2.51. The van der Waals surface area contributed by atoms with E-state index in [0.717, 1.165) is 10.2 Å². The van der Waals surface area contributed by atoms with Gasteiger partial charge in [0.2, 0.25) is 5.91 Å². The topological polar surface area (TPSA) is 63.2 Å². The van der Waals surface area contributed by atoms with Gasteiger partial charge in [-0.2, -0.15) is 0 Å². The number of benzene rings is 1. The second-order valence-corrected chi connectivity index (χ2v) is 5.75. The standard InChI is InChI=1S/C13H16ClN3O2S/c1-8(12(18)15-5-6-19-2)16-13-17-10-4-3-9(14)7-11(10)20-13/h3-4,7-8H,5-6H2,1-2H3,(H,15,18)(H,16,17). The Balaban J connectivity index is 1.98. The van der Waals surface area contributed by atoms with Crippen LogP contribution in [0.2, 0.25) is 5.02 Å². The van der Waals surface area contributed by atoms with Crippen molar-refractivity contribution in [3.63, 3.8) is 0 Å². The molecule has 2 N–H and O–H groups in total. The van der Waals surface area contributed by atoms with E-state index in [4.69, 9.17) is 16.3 Å². The van der Waals surface area contributed by atoms with Crippen LogP contribution < -0.4 is 10.6 Å². The molecule has 7 heteroatoms. The van der Waals surface area contributed by atoms with E-state index >= 15 is 0 Å². The molecule has 1 aromatic heterocycles. The second kappa shape index (κ2) is 6.88. The number of amides is 1. The molecule has 0 aliphatic carbocycles. The van der Waals surface area contributed by atoms with Gasteiger partial charge < -0.3 is 15.4 Å². The Bertz CT molecular complexity index is 602. The number of thiazole rings is 1. The lowest BCUT2D eigenvalue weighted by Crippen LogP contribution is -2.38. The molecule has 1 atom stereocenters. The summed E-state index contributed by atoms with van der Waals surface area (Å²) >= 11 is 7.41. The number of carbonyl (C=O) groups excluding carboxylic acids is 1. The van der Waals surface area contributed by atoms with Crippen molar-refractivity contribution in [3.05, 3.63) is 23.2 Å². The lowest BCUT2D eigenvalue weighted by molar-refractivity contribution is -0.121. The molecule has 0 saturated heterocycles. The number of methoxy groups -OCH3 is 1. The third-order valence-corrected chi connectivity index (χ3v) is 3.87. The van der Waals surface area contributed by atoms with Crippen LogP contribution in [-0.4, -0.2) is 37.2 Å². The van der Waals surface area contributed by atoms with Gasteiger partial charge in [0.15, 0.2) is 5.13 Å². The Morgan fingerprint density at radius 2 is 2.35 bits per heavy atom. The zero-order valence-corrected chi connectivity index (χ0v) is 12.8. The van der Waals surface area contributed by atoms with Crippen molar-refractivity contribution in [1.29, 1.82) is 0 Å². The minimum Gasteiger partial charge on any atom is -0.383 e. The highest BCUT2D eigenvalue weighted by molar-refractivity contribution is 7.22. The maximum atomic E-state index is 11.8. The van der Waals surface area contributed by atoms with Crippen LogP contribution in [0.4, 0.5) is 5.13 Å². The van der Waals surface area contributed by atoms with Crippen molar-refractivity contribution in [1.82, 2.24) is 10.3 Å². The highest BCUT2D eigenvalue weighted by Gasteiger charge is 2.14. The SMILES string of the molecule is COCCNC(=O)C(C)Nc1nc2ccc(Cl)cc2s1. The Kier molecular flexibility index (Phi) is 5.17. The van der Waals surface area contributed by atoms with Crippen LogP contribution in [0.1, 0.15) is 6.92 Å². The molecule has 2 rings (SSSR count). The fourth-order valence-electron chi connectivity index (χ4n) is 1.64. The molecular weight excluding hydrogens is 298 g/mol. The zero-order chi connectivity index (χ0) is 14.5. The molecule has 1 amide bonds. The van der Waals surface area contributed by atoms with E-state index in [9.17, 15) is 4.79 Å². The number of aromatic nitrogens is 1. The van der Waals surface area contributed by atoms with Crippen molar-refractivity contribution < 1.29 is 9.53 Å². The van der Waals surface area contributed by atoms with Crippen molar-refractivity contribution in [2.45, 2.75) is 13.0 Å². The molecule has 0 spiro atoms. The number of ether oxygens (including phenoxy) is 1. The monoisotopic (exact) mass is 313 g/mol. The third-order valence-electron chi connectivity index (χ3n) is 2.69. The van der Waals surface area contributed by atoms with Crippen LogP contribution in [0.3, 0.4) is 0 Å². The first-order valence-corrected chi connectivity index (χ1v) is 7.39. The van der Waals surface area contributed by atoms with Gasteiger partial charge in [-0.1, -0.05) is 22.9 Å². The van der Waals surface area contributed by atoms with Crippen molar-refractivity contribution >= 4 is 44.2 Å². The number of fused-ring (bicyclic) bond motifs is 1. The first-order chi connectivity index (χ1) is 9.60. The van der Waals surface area contributed by atoms with Gasteiger partial charge in [-0.15, -0.1) is 0 Å². The van der Waals surface area contributed by atoms with Gasteiger partial charge in [-0.25, -0.2) is 4.98 Å². The van der Waals surface area contributed by atoms with Gasteiger partial charge in [-0.3, -0.25) is 4.79 Å². The maximum absolute atomic E-state index is 11.8. The van der Waals surface area contributed by atoms with Crippen molar-refractivity contribution in [2.24, 2.45) is 0 Å². The van der Waals surface area contributed by atoms with Crippen molar-refractivity contribution in [2.75, 3.05) is 25.6 Å². The highest BCUT2D eigenvalue weighted by atomic mass is 35.5. The molecule has 0 bridgehead atoms. The molecule has 1 heterocycles. The molecule has 108 valence electrons. The summed E-state index contributed by atoms with van der Waals surface area (Å²) in [6, 6.07) is 5.17. The number of hydrogen-bond acceptors (Lipinski definition) is 5. The van der Waals surface area contributed by atoms with E-state index in [1.165, 1.54) is 11.3 Å². The molecule has 1 unspecified atom stereocenters. The predicted molar refractivity (Wildman–Crippen MR) is 82.6 cm³/mol. The lowest BCUT2D eigenvalue weighted by Gasteiger charge is -2.12. The molecule has 5 nitrogen and oxygen atoms in total. The highest BCUT2D eigenvalue weighted by Crippen LogP contribution is 2.28. The van der Waals surface area contributed by atoms with Crippen LogP contribution in [0.5, 0.6) is 0 Å². The average Bonchev–Trinajstić information content (AvgIpc) is 2.80. The number of hydrogen-bond donors (Lipinski definition) is 2. The van der Waals surface area contributed by atoms with E-state index in [0.29, 0.717) is 23.3 Å². The molecule has 0 saturated carbocycles. The smallest absolute Gasteiger partial charge is 0.242 e. The number of carbonyl (C=O) groups is 1. The maximum Gasteiger partial charge on any atom is 0.242 e. The van der Waals surface area contributed by atoms with Gasteiger partial charge in [-0.05, 0) is 25.1 Å². The Morgan fingerprint density at radius 3 is 3.10 bits per heavy atom. The lowest BCUT2D eigenvalue weighted by atomic mass is 10.3. The van der Waals surface area contributed by atoms with Gasteiger partial charge in [0.05, 0.1) is 16.8 Å². The Hall–Kier alpha value is -1.37. The molecule has 0 aliphatic heterocycles. The summed E-state index contributed by atoms with van der Waals surface area (Å²) in [6.07, 6.45) is 0. The normalized spacial score (nSPS) is 12.3. The van der Waals surface area contributed by atoms with Gasteiger partial charge in [0.25, 0.3) is 0 Å². The van der Waals surface area contributed by atoms with Crippen LogP contribution >= 0.6 is 22.9 Å². The van der Waals surface area contributed by atoms with Crippen LogP contribution in [0, 0.1) is 0 Å². The van der Waals surface area contributed by atoms with Gasteiger partial charge in [0, 0.05) is 18.7 Å². The second-order valence-electron chi connectivity index (χ2n) is 4.28. The zero-order valence-electron chi connectivity index (χ0n) is 11.3. The quantitative estimate of drug-likeness (QED) is 0.804. The Labute approximate surface area is 126 Å². The van der Waals surface area contributed by atoms with E-state index in [-0.39, 0.29) is 11.9 Å². The first kappa shape index (κ1) is 15.0. The fraction of sp³-hybridized carbons (Fsp3) is 0.385. The minimum absolute atomic E-state index is 0.0839. The molecule has 0 aliphatic rings. The summed E-state index contributed by atoms with van der Waals surface area (Å²) in [5.41, 5.74) is 0.869. The molecule has 0 radical (unpaired) electrons. The average molecular weight is 314 g/mol. The summed E-state index contributed by atoms with van der Waals surface area (Å²) in [4.78, 5) is 16.2. The minimum atomic E-state index is -0.358. The number of nitrogens with zero attached hydrogens (tertiary/aromatic N) is 1. The largest absolute Gasteiger partial charge is 0.383 e. The van der Waals surface area contributed by atoms with E-state index in [1.807, 2.05) is 12.1 Å². The summed E-state index contributed by atoms with van der Waals surface area (Å²) in [7, 11) is 1.60. The van der Waals surface area contributed by atoms with E-state index in [2.05, 4.69) is 15.6 Å². The van der Waals surface area contributed by atoms with Gasteiger partial charge in [0.1, 0.15) is 6.04 Å². The molecule has 20 heavy (non-hydrogen) atoms. The third kappa shape index (κ3) is 3.82. The van der Waals surface area contributed by atoms with E-state index in [1.54, 1.807) is 20.1 Å². The van der Waals surface area contributed by atoms with Crippen LogP contribution in [-0.2, 0) is 9.53 Å².